The van der Waals surface area contributed by atoms with Crippen LogP contribution in [-0.4, -0.2) is 33.4 Å². The number of amides is 1. The van der Waals surface area contributed by atoms with Crippen LogP contribution in [0.25, 0.3) is 11.0 Å². The third kappa shape index (κ3) is 3.93. The third-order valence-corrected chi connectivity index (χ3v) is 6.60. The summed E-state index contributed by atoms with van der Waals surface area (Å²) in [7, 11) is 0. The highest BCUT2D eigenvalue weighted by atomic mass is 16.2. The van der Waals surface area contributed by atoms with Gasteiger partial charge in [-0.25, -0.2) is 4.98 Å². The van der Waals surface area contributed by atoms with Gasteiger partial charge >= 0.3 is 0 Å². The Morgan fingerprint density at radius 2 is 1.66 bits per heavy atom. The standard InChI is InChI=1S/C28H29N3O/c1-20-12-13-24(21(2)18-20)28(32)30-16-14-23(15-17-30)31-26-11-7-6-10-25(26)29-27(31)19-22-8-4-3-5-9-22/h3-13,18,23H,14-17,19H2,1-2H3. The molecule has 0 spiro atoms. The third-order valence-electron chi connectivity index (χ3n) is 6.60. The Morgan fingerprint density at radius 1 is 0.938 bits per heavy atom. The topological polar surface area (TPSA) is 38.1 Å². The van der Waals surface area contributed by atoms with Crippen molar-refractivity contribution in [3.05, 3.63) is 101 Å². The molecule has 1 aliphatic heterocycles. The van der Waals surface area contributed by atoms with Crippen LogP contribution in [0.1, 0.15) is 51.8 Å². The Morgan fingerprint density at radius 3 is 2.41 bits per heavy atom. The molecule has 4 nitrogen and oxygen atoms in total. The summed E-state index contributed by atoms with van der Waals surface area (Å²) in [5.74, 6) is 1.26. The monoisotopic (exact) mass is 423 g/mol. The van der Waals surface area contributed by atoms with Crippen LogP contribution in [-0.2, 0) is 6.42 Å². The first-order valence-electron chi connectivity index (χ1n) is 11.5. The van der Waals surface area contributed by atoms with E-state index in [-0.39, 0.29) is 5.91 Å². The van der Waals surface area contributed by atoms with Crippen molar-refractivity contribution in [1.82, 2.24) is 14.5 Å². The molecule has 0 saturated carbocycles. The molecule has 162 valence electrons. The average molecular weight is 424 g/mol. The Bertz CT molecular complexity index is 1250. The van der Waals surface area contributed by atoms with Gasteiger partial charge in [-0.05, 0) is 56.0 Å². The highest BCUT2D eigenvalue weighted by Gasteiger charge is 2.27. The van der Waals surface area contributed by atoms with Gasteiger partial charge in [0.2, 0.25) is 0 Å². The molecule has 0 radical (unpaired) electrons. The molecule has 0 aliphatic carbocycles. The molecule has 1 amide bonds. The second kappa shape index (κ2) is 8.62. The Kier molecular flexibility index (Phi) is 5.52. The van der Waals surface area contributed by atoms with Gasteiger partial charge in [-0.3, -0.25) is 4.79 Å². The summed E-state index contributed by atoms with van der Waals surface area (Å²) >= 11 is 0. The number of hydrogen-bond donors (Lipinski definition) is 0. The fourth-order valence-corrected chi connectivity index (χ4v) is 4.96. The summed E-state index contributed by atoms with van der Waals surface area (Å²) in [6.45, 7) is 5.64. The first-order chi connectivity index (χ1) is 15.6. The van der Waals surface area contributed by atoms with Crippen molar-refractivity contribution < 1.29 is 4.79 Å². The molecule has 4 aromatic rings. The summed E-state index contributed by atoms with van der Waals surface area (Å²) in [5.41, 5.74) is 6.58. The molecule has 2 heterocycles. The minimum Gasteiger partial charge on any atom is -0.338 e. The van der Waals surface area contributed by atoms with Crippen molar-refractivity contribution in [2.45, 2.75) is 39.2 Å². The van der Waals surface area contributed by atoms with Crippen LogP contribution in [0.15, 0.2) is 72.8 Å². The van der Waals surface area contributed by atoms with E-state index in [0.717, 1.165) is 54.8 Å². The lowest BCUT2D eigenvalue weighted by atomic mass is 10.0. The molecule has 32 heavy (non-hydrogen) atoms. The van der Waals surface area contributed by atoms with Gasteiger partial charge in [0.25, 0.3) is 5.91 Å². The number of para-hydroxylation sites is 2. The number of hydrogen-bond acceptors (Lipinski definition) is 2. The lowest BCUT2D eigenvalue weighted by Crippen LogP contribution is -2.39. The average Bonchev–Trinajstić information content (AvgIpc) is 3.17. The minimum atomic E-state index is 0.154. The van der Waals surface area contributed by atoms with Crippen molar-refractivity contribution >= 4 is 16.9 Å². The number of carbonyl (C=O) groups is 1. The van der Waals surface area contributed by atoms with E-state index in [0.29, 0.717) is 6.04 Å². The van der Waals surface area contributed by atoms with Crippen LogP contribution < -0.4 is 0 Å². The largest absolute Gasteiger partial charge is 0.338 e. The van der Waals surface area contributed by atoms with Gasteiger partial charge < -0.3 is 9.47 Å². The van der Waals surface area contributed by atoms with E-state index >= 15 is 0 Å². The second-order valence-electron chi connectivity index (χ2n) is 8.89. The zero-order chi connectivity index (χ0) is 22.1. The van der Waals surface area contributed by atoms with E-state index in [4.69, 9.17) is 4.98 Å². The summed E-state index contributed by atoms with van der Waals surface area (Å²) in [6.07, 6.45) is 2.70. The lowest BCUT2D eigenvalue weighted by Gasteiger charge is -2.34. The van der Waals surface area contributed by atoms with Crippen LogP contribution in [0.5, 0.6) is 0 Å². The molecular weight excluding hydrogens is 394 g/mol. The number of benzene rings is 3. The van der Waals surface area contributed by atoms with E-state index in [1.807, 2.05) is 24.0 Å². The molecule has 0 atom stereocenters. The normalized spacial score (nSPS) is 14.8. The number of likely N-dealkylation sites (tertiary alicyclic amines) is 1. The molecule has 0 unspecified atom stereocenters. The molecular formula is C28H29N3O. The molecule has 1 fully saturated rings. The van der Waals surface area contributed by atoms with Crippen LogP contribution in [0.2, 0.25) is 0 Å². The van der Waals surface area contributed by atoms with Crippen LogP contribution >= 0.6 is 0 Å². The quantitative estimate of drug-likeness (QED) is 0.421. The SMILES string of the molecule is Cc1ccc(C(=O)N2CCC(n3c(Cc4ccccc4)nc4ccccc43)CC2)c(C)c1. The van der Waals surface area contributed by atoms with E-state index in [2.05, 4.69) is 72.2 Å². The zero-order valence-corrected chi connectivity index (χ0v) is 18.8. The van der Waals surface area contributed by atoms with Crippen LogP contribution in [0.4, 0.5) is 0 Å². The van der Waals surface area contributed by atoms with E-state index in [1.165, 1.54) is 16.6 Å². The number of piperidine rings is 1. The predicted molar refractivity (Wildman–Crippen MR) is 129 cm³/mol. The fourth-order valence-electron chi connectivity index (χ4n) is 4.96. The van der Waals surface area contributed by atoms with Crippen molar-refractivity contribution in [2.75, 3.05) is 13.1 Å². The summed E-state index contributed by atoms with van der Waals surface area (Å²) in [4.78, 5) is 20.2. The minimum absolute atomic E-state index is 0.154. The van der Waals surface area contributed by atoms with Gasteiger partial charge in [-0.15, -0.1) is 0 Å². The predicted octanol–water partition coefficient (Wildman–Crippen LogP) is 5.72. The number of imidazole rings is 1. The van der Waals surface area contributed by atoms with Crippen molar-refractivity contribution in [1.29, 1.82) is 0 Å². The summed E-state index contributed by atoms with van der Waals surface area (Å²) in [6, 6.07) is 25.4. The molecule has 1 aromatic heterocycles. The Labute approximate surface area is 189 Å². The van der Waals surface area contributed by atoms with Gasteiger partial charge in [0.15, 0.2) is 0 Å². The molecule has 5 rings (SSSR count). The van der Waals surface area contributed by atoms with Crippen molar-refractivity contribution in [3.8, 4) is 0 Å². The smallest absolute Gasteiger partial charge is 0.254 e. The van der Waals surface area contributed by atoms with Gasteiger partial charge in [0.05, 0.1) is 11.0 Å². The molecule has 0 N–H and O–H groups in total. The Balaban J connectivity index is 1.39. The van der Waals surface area contributed by atoms with E-state index in [1.54, 1.807) is 0 Å². The maximum atomic E-state index is 13.2. The van der Waals surface area contributed by atoms with Gasteiger partial charge in [-0.1, -0.05) is 60.2 Å². The number of aromatic nitrogens is 2. The van der Waals surface area contributed by atoms with E-state index in [9.17, 15) is 4.79 Å². The number of carbonyl (C=O) groups excluding carboxylic acids is 1. The Hall–Kier alpha value is -3.40. The van der Waals surface area contributed by atoms with Crippen molar-refractivity contribution in [2.24, 2.45) is 0 Å². The van der Waals surface area contributed by atoms with Gasteiger partial charge in [-0.2, -0.15) is 0 Å². The molecule has 3 aromatic carbocycles. The van der Waals surface area contributed by atoms with E-state index < -0.39 is 0 Å². The van der Waals surface area contributed by atoms with Crippen LogP contribution in [0, 0.1) is 13.8 Å². The number of fused-ring (bicyclic) bond motifs is 1. The molecule has 0 bridgehead atoms. The zero-order valence-electron chi connectivity index (χ0n) is 18.8. The highest BCUT2D eigenvalue weighted by Crippen LogP contribution is 2.30. The maximum absolute atomic E-state index is 13.2. The first-order valence-corrected chi connectivity index (χ1v) is 11.5. The van der Waals surface area contributed by atoms with Crippen molar-refractivity contribution in [3.63, 3.8) is 0 Å². The summed E-state index contributed by atoms with van der Waals surface area (Å²) < 4.78 is 2.43. The maximum Gasteiger partial charge on any atom is 0.254 e. The molecule has 1 aliphatic rings. The fraction of sp³-hybridized carbons (Fsp3) is 0.286. The molecule has 4 heteroatoms. The number of aryl methyl sites for hydroxylation is 2. The summed E-state index contributed by atoms with van der Waals surface area (Å²) in [5, 5.41) is 0. The lowest BCUT2D eigenvalue weighted by molar-refractivity contribution is 0.0694. The van der Waals surface area contributed by atoms with Crippen LogP contribution in [0.3, 0.4) is 0 Å². The second-order valence-corrected chi connectivity index (χ2v) is 8.89. The highest BCUT2D eigenvalue weighted by molar-refractivity contribution is 5.95. The number of nitrogens with zero attached hydrogens (tertiary/aromatic N) is 3. The number of rotatable bonds is 4. The first kappa shape index (κ1) is 20.5. The van der Waals surface area contributed by atoms with Gasteiger partial charge in [0.1, 0.15) is 5.82 Å². The van der Waals surface area contributed by atoms with Gasteiger partial charge in [0, 0.05) is 31.1 Å². The molecule has 1 saturated heterocycles.